The number of Topliss-reactive ketones (excluding diaryl/α,β-unsaturated/α-hetero) is 1. The second-order valence-electron chi connectivity index (χ2n) is 4.04. The quantitative estimate of drug-likeness (QED) is 0.807. The van der Waals surface area contributed by atoms with Crippen LogP contribution in [0, 0.1) is 0 Å². The number of hydrogen-bond acceptors (Lipinski definition) is 3. The molecule has 0 saturated heterocycles. The summed E-state index contributed by atoms with van der Waals surface area (Å²) in [5, 5.41) is 0. The van der Waals surface area contributed by atoms with Crippen LogP contribution in [0.3, 0.4) is 0 Å². The lowest BCUT2D eigenvalue weighted by atomic mass is 10.1. The van der Waals surface area contributed by atoms with Gasteiger partial charge in [0.25, 0.3) is 5.92 Å². The lowest BCUT2D eigenvalue weighted by Crippen LogP contribution is -2.26. The third-order valence-corrected chi connectivity index (χ3v) is 2.04. The Hall–Kier alpha value is -1.49. The summed E-state index contributed by atoms with van der Waals surface area (Å²) in [5.74, 6) is -2.77. The van der Waals surface area contributed by atoms with E-state index in [0.29, 0.717) is 11.3 Å². The number of rotatable bonds is 5. The molecular formula is C12H15F2NO2. The molecule has 1 atom stereocenters. The van der Waals surface area contributed by atoms with Crippen molar-refractivity contribution in [2.75, 3.05) is 6.61 Å². The standard InChI is InChI=1S/C12H15F2NO2/c1-8(15)11(16)9-3-5-10(6-4-9)17-7-12(2,13)14/h3-6,8H,7,15H2,1-2H3. The number of hydrogen-bond donors (Lipinski definition) is 1. The van der Waals surface area contributed by atoms with Gasteiger partial charge in [0.15, 0.2) is 12.4 Å². The summed E-state index contributed by atoms with van der Waals surface area (Å²) in [6.07, 6.45) is 0. The van der Waals surface area contributed by atoms with Crippen LogP contribution in [0.25, 0.3) is 0 Å². The van der Waals surface area contributed by atoms with Gasteiger partial charge in [0.1, 0.15) is 5.75 Å². The molecule has 2 N–H and O–H groups in total. The molecule has 0 spiro atoms. The zero-order chi connectivity index (χ0) is 13.1. The molecule has 0 aliphatic heterocycles. The van der Waals surface area contributed by atoms with E-state index < -0.39 is 18.6 Å². The molecule has 3 nitrogen and oxygen atoms in total. The van der Waals surface area contributed by atoms with Gasteiger partial charge in [0, 0.05) is 12.5 Å². The summed E-state index contributed by atoms with van der Waals surface area (Å²) in [5.41, 5.74) is 5.88. The normalized spacial score (nSPS) is 13.2. The van der Waals surface area contributed by atoms with E-state index in [1.165, 1.54) is 24.3 Å². The molecule has 0 radical (unpaired) electrons. The van der Waals surface area contributed by atoms with E-state index in [4.69, 9.17) is 10.5 Å². The topological polar surface area (TPSA) is 52.3 Å². The molecule has 1 aromatic rings. The molecular weight excluding hydrogens is 228 g/mol. The van der Waals surface area contributed by atoms with Gasteiger partial charge >= 0.3 is 0 Å². The molecule has 0 amide bonds. The first kappa shape index (κ1) is 13.6. The number of carbonyl (C=O) groups is 1. The molecule has 1 aromatic carbocycles. The summed E-state index contributed by atoms with van der Waals surface area (Å²) in [7, 11) is 0. The Kier molecular flexibility index (Phi) is 4.17. The summed E-state index contributed by atoms with van der Waals surface area (Å²) >= 11 is 0. The van der Waals surface area contributed by atoms with E-state index in [-0.39, 0.29) is 5.78 Å². The third-order valence-electron chi connectivity index (χ3n) is 2.04. The molecule has 1 unspecified atom stereocenters. The van der Waals surface area contributed by atoms with E-state index in [9.17, 15) is 13.6 Å². The zero-order valence-electron chi connectivity index (χ0n) is 9.74. The SMILES string of the molecule is CC(N)C(=O)c1ccc(OCC(C)(F)F)cc1. The lowest BCUT2D eigenvalue weighted by molar-refractivity contribution is -0.0229. The predicted molar refractivity (Wildman–Crippen MR) is 60.5 cm³/mol. The lowest BCUT2D eigenvalue weighted by Gasteiger charge is -2.12. The van der Waals surface area contributed by atoms with Crippen LogP contribution < -0.4 is 10.5 Å². The minimum Gasteiger partial charge on any atom is -0.487 e. The number of alkyl halides is 2. The second-order valence-corrected chi connectivity index (χ2v) is 4.04. The highest BCUT2D eigenvalue weighted by molar-refractivity contribution is 5.99. The van der Waals surface area contributed by atoms with Crippen LogP contribution >= 0.6 is 0 Å². The van der Waals surface area contributed by atoms with Gasteiger partial charge in [-0.05, 0) is 31.2 Å². The molecule has 5 heteroatoms. The van der Waals surface area contributed by atoms with Crippen molar-refractivity contribution in [1.82, 2.24) is 0 Å². The van der Waals surface area contributed by atoms with Crippen LogP contribution in [-0.4, -0.2) is 24.4 Å². The largest absolute Gasteiger partial charge is 0.487 e. The molecule has 17 heavy (non-hydrogen) atoms. The van der Waals surface area contributed by atoms with E-state index in [2.05, 4.69) is 0 Å². The number of nitrogens with two attached hydrogens (primary N) is 1. The van der Waals surface area contributed by atoms with E-state index in [1.54, 1.807) is 6.92 Å². The molecule has 1 rings (SSSR count). The van der Waals surface area contributed by atoms with Crippen molar-refractivity contribution in [1.29, 1.82) is 0 Å². The Bertz CT molecular complexity index is 382. The number of carbonyl (C=O) groups excluding carboxylic acids is 1. The van der Waals surface area contributed by atoms with Crippen molar-refractivity contribution in [3.63, 3.8) is 0 Å². The molecule has 0 bridgehead atoms. The molecule has 0 aromatic heterocycles. The van der Waals surface area contributed by atoms with Gasteiger partial charge in [-0.15, -0.1) is 0 Å². The fraction of sp³-hybridized carbons (Fsp3) is 0.417. The van der Waals surface area contributed by atoms with Crippen molar-refractivity contribution in [2.45, 2.75) is 25.8 Å². The van der Waals surface area contributed by atoms with Crippen molar-refractivity contribution < 1.29 is 18.3 Å². The molecule has 0 heterocycles. The summed E-state index contributed by atoms with van der Waals surface area (Å²) in [4.78, 5) is 11.5. The van der Waals surface area contributed by atoms with Crippen molar-refractivity contribution in [2.24, 2.45) is 5.73 Å². The zero-order valence-corrected chi connectivity index (χ0v) is 9.74. The summed E-state index contributed by atoms with van der Waals surface area (Å²) < 4.78 is 29.9. The van der Waals surface area contributed by atoms with Gasteiger partial charge in [0.05, 0.1) is 6.04 Å². The summed E-state index contributed by atoms with van der Waals surface area (Å²) in [6, 6.07) is 5.38. The Morgan fingerprint density at radius 1 is 1.41 bits per heavy atom. The number of benzene rings is 1. The first-order valence-corrected chi connectivity index (χ1v) is 5.20. The van der Waals surface area contributed by atoms with Gasteiger partial charge in [-0.3, -0.25) is 4.79 Å². The monoisotopic (exact) mass is 243 g/mol. The second kappa shape index (κ2) is 5.23. The first-order chi connectivity index (χ1) is 7.79. The average Bonchev–Trinajstić information content (AvgIpc) is 2.25. The van der Waals surface area contributed by atoms with Gasteiger partial charge in [-0.2, -0.15) is 0 Å². The number of ketones is 1. The van der Waals surface area contributed by atoms with E-state index in [0.717, 1.165) is 6.92 Å². The van der Waals surface area contributed by atoms with Crippen LogP contribution in [0.4, 0.5) is 8.78 Å². The first-order valence-electron chi connectivity index (χ1n) is 5.20. The maximum Gasteiger partial charge on any atom is 0.278 e. The van der Waals surface area contributed by atoms with Crippen molar-refractivity contribution >= 4 is 5.78 Å². The minimum absolute atomic E-state index is 0.197. The van der Waals surface area contributed by atoms with Gasteiger partial charge in [-0.25, -0.2) is 8.78 Å². The van der Waals surface area contributed by atoms with Crippen LogP contribution in [0.15, 0.2) is 24.3 Å². The molecule has 0 aliphatic rings. The van der Waals surface area contributed by atoms with Crippen LogP contribution in [0.5, 0.6) is 5.75 Å². The Morgan fingerprint density at radius 3 is 2.35 bits per heavy atom. The maximum absolute atomic E-state index is 12.5. The van der Waals surface area contributed by atoms with Gasteiger partial charge < -0.3 is 10.5 Å². The number of ether oxygens (including phenoxy) is 1. The van der Waals surface area contributed by atoms with Gasteiger partial charge in [0.2, 0.25) is 0 Å². The smallest absolute Gasteiger partial charge is 0.278 e. The highest BCUT2D eigenvalue weighted by atomic mass is 19.3. The molecule has 0 saturated carbocycles. The van der Waals surface area contributed by atoms with Crippen LogP contribution in [0.2, 0.25) is 0 Å². The third kappa shape index (κ3) is 4.48. The van der Waals surface area contributed by atoms with Crippen molar-refractivity contribution in [3.8, 4) is 5.75 Å². The van der Waals surface area contributed by atoms with Crippen molar-refractivity contribution in [3.05, 3.63) is 29.8 Å². The highest BCUT2D eigenvalue weighted by Crippen LogP contribution is 2.17. The van der Waals surface area contributed by atoms with Crippen LogP contribution in [-0.2, 0) is 0 Å². The number of halogens is 2. The molecule has 0 aliphatic carbocycles. The summed E-state index contributed by atoms with van der Waals surface area (Å²) in [6.45, 7) is 1.68. The molecule has 94 valence electrons. The Labute approximate surface area is 98.6 Å². The van der Waals surface area contributed by atoms with E-state index in [1.807, 2.05) is 0 Å². The maximum atomic E-state index is 12.5. The fourth-order valence-electron chi connectivity index (χ4n) is 1.19. The molecule has 0 fully saturated rings. The predicted octanol–water partition coefficient (Wildman–Crippen LogP) is 2.25. The fourth-order valence-corrected chi connectivity index (χ4v) is 1.19. The Balaban J connectivity index is 2.66. The van der Waals surface area contributed by atoms with Gasteiger partial charge in [-0.1, -0.05) is 0 Å². The van der Waals surface area contributed by atoms with E-state index >= 15 is 0 Å². The average molecular weight is 243 g/mol. The van der Waals surface area contributed by atoms with Crippen LogP contribution in [0.1, 0.15) is 24.2 Å². The minimum atomic E-state index is -2.87. The Morgan fingerprint density at radius 2 is 1.94 bits per heavy atom. The highest BCUT2D eigenvalue weighted by Gasteiger charge is 2.22.